The van der Waals surface area contributed by atoms with Crippen LogP contribution in [0, 0.1) is 6.92 Å². The van der Waals surface area contributed by atoms with Gasteiger partial charge in [-0.25, -0.2) is 4.98 Å². The molecule has 0 aliphatic heterocycles. The van der Waals surface area contributed by atoms with Crippen molar-refractivity contribution >= 4 is 16.7 Å². The molecule has 1 aromatic rings. The maximum absolute atomic E-state index is 4.33. The van der Waals surface area contributed by atoms with Gasteiger partial charge in [-0.15, -0.1) is 0 Å². The van der Waals surface area contributed by atoms with Gasteiger partial charge in [0.15, 0.2) is 0 Å². The number of hydrogen-bond donors (Lipinski definition) is 1. The van der Waals surface area contributed by atoms with Crippen LogP contribution in [0.5, 0.6) is 0 Å². The van der Waals surface area contributed by atoms with Crippen LogP contribution in [0.25, 0.3) is 0 Å². The summed E-state index contributed by atoms with van der Waals surface area (Å²) >= 11 is 1.48. The number of anilines is 1. The molecule has 4 heteroatoms. The van der Waals surface area contributed by atoms with Crippen molar-refractivity contribution in [3.8, 4) is 0 Å². The lowest BCUT2D eigenvalue weighted by Gasteiger charge is -2.14. The summed E-state index contributed by atoms with van der Waals surface area (Å²) in [5.74, 6) is 0.881. The molecule has 1 saturated carbocycles. The van der Waals surface area contributed by atoms with Gasteiger partial charge in [-0.3, -0.25) is 0 Å². The summed E-state index contributed by atoms with van der Waals surface area (Å²) in [7, 11) is 0. The molecule has 0 saturated heterocycles. The minimum Gasteiger partial charge on any atom is -0.358 e. The first-order valence-corrected chi connectivity index (χ1v) is 6.19. The second kappa shape index (κ2) is 4.73. The topological polar surface area (TPSA) is 37.8 Å². The highest BCUT2D eigenvalue weighted by Crippen LogP contribution is 2.21. The van der Waals surface area contributed by atoms with Crippen LogP contribution in [0.4, 0.5) is 5.13 Å². The zero-order chi connectivity index (χ0) is 9.80. The molecule has 1 N–H and O–H groups in total. The van der Waals surface area contributed by atoms with Crippen molar-refractivity contribution in [1.82, 2.24) is 9.36 Å². The van der Waals surface area contributed by atoms with E-state index in [0.717, 1.165) is 11.0 Å². The van der Waals surface area contributed by atoms with Gasteiger partial charge in [0, 0.05) is 17.6 Å². The predicted molar refractivity (Wildman–Crippen MR) is 59.8 cm³/mol. The van der Waals surface area contributed by atoms with Gasteiger partial charge in [0.05, 0.1) is 0 Å². The molecule has 0 atom stereocenters. The molecule has 0 radical (unpaired) electrons. The van der Waals surface area contributed by atoms with E-state index in [9.17, 15) is 0 Å². The van der Waals surface area contributed by atoms with Crippen molar-refractivity contribution < 1.29 is 0 Å². The average Bonchev–Trinajstić information content (AvgIpc) is 2.43. The van der Waals surface area contributed by atoms with Crippen molar-refractivity contribution in [1.29, 1.82) is 0 Å². The Hall–Kier alpha value is -0.640. The lowest BCUT2D eigenvalue weighted by molar-refractivity contribution is 0.619. The number of aryl methyl sites for hydroxylation is 1. The van der Waals surface area contributed by atoms with Gasteiger partial charge in [-0.05, 0) is 19.8 Å². The van der Waals surface area contributed by atoms with E-state index in [0.29, 0.717) is 6.04 Å². The van der Waals surface area contributed by atoms with Crippen LogP contribution in [0.3, 0.4) is 0 Å². The van der Waals surface area contributed by atoms with E-state index in [1.54, 1.807) is 0 Å². The molecule has 1 heterocycles. The van der Waals surface area contributed by atoms with Crippen LogP contribution in [0.15, 0.2) is 0 Å². The number of nitrogens with zero attached hydrogens (tertiary/aromatic N) is 2. The highest BCUT2D eigenvalue weighted by molar-refractivity contribution is 7.09. The standard InChI is InChI=1S/C10H17N3S/c1-8-11-10(14-13-8)12-9-6-4-2-3-5-7-9/h9H,2-7H2,1H3,(H,11,12,13). The van der Waals surface area contributed by atoms with Crippen LogP contribution in [0.1, 0.15) is 44.3 Å². The van der Waals surface area contributed by atoms with Crippen molar-refractivity contribution in [2.45, 2.75) is 51.5 Å². The minimum atomic E-state index is 0.629. The Bertz CT molecular complexity index is 277. The monoisotopic (exact) mass is 211 g/mol. The summed E-state index contributed by atoms with van der Waals surface area (Å²) in [6, 6.07) is 0.629. The van der Waals surface area contributed by atoms with Gasteiger partial charge in [0.2, 0.25) is 5.13 Å². The molecular formula is C10H17N3S. The molecule has 3 nitrogen and oxygen atoms in total. The average molecular weight is 211 g/mol. The maximum Gasteiger partial charge on any atom is 0.202 e. The fourth-order valence-electron chi connectivity index (χ4n) is 1.95. The van der Waals surface area contributed by atoms with E-state index in [1.807, 2.05) is 6.92 Å². The molecule has 1 aliphatic carbocycles. The van der Waals surface area contributed by atoms with E-state index >= 15 is 0 Å². The SMILES string of the molecule is Cc1nsc(NC2CCCCCC2)n1. The summed E-state index contributed by atoms with van der Waals surface area (Å²) in [6.07, 6.45) is 8.09. The second-order valence-corrected chi connectivity index (χ2v) is 4.73. The highest BCUT2D eigenvalue weighted by atomic mass is 32.1. The Morgan fingerprint density at radius 1 is 1.21 bits per heavy atom. The molecular weight excluding hydrogens is 194 g/mol. The van der Waals surface area contributed by atoms with Crippen molar-refractivity contribution in [3.63, 3.8) is 0 Å². The van der Waals surface area contributed by atoms with E-state index in [-0.39, 0.29) is 0 Å². The van der Waals surface area contributed by atoms with Gasteiger partial charge >= 0.3 is 0 Å². The Balaban J connectivity index is 1.89. The summed E-state index contributed by atoms with van der Waals surface area (Å²) in [5, 5.41) is 4.48. The van der Waals surface area contributed by atoms with E-state index in [2.05, 4.69) is 14.7 Å². The first-order chi connectivity index (χ1) is 6.84. The molecule has 2 rings (SSSR count). The third-order valence-corrected chi connectivity index (χ3v) is 3.45. The van der Waals surface area contributed by atoms with Crippen LogP contribution in [-0.4, -0.2) is 15.4 Å². The lowest BCUT2D eigenvalue weighted by Crippen LogP contribution is -2.17. The number of aromatic nitrogens is 2. The van der Waals surface area contributed by atoms with Crippen LogP contribution in [-0.2, 0) is 0 Å². The van der Waals surface area contributed by atoms with Gasteiger partial charge in [0.1, 0.15) is 5.82 Å². The normalized spacial score (nSPS) is 19.2. The number of rotatable bonds is 2. The molecule has 1 aromatic heterocycles. The quantitative estimate of drug-likeness (QED) is 0.764. The van der Waals surface area contributed by atoms with Gasteiger partial charge in [0.25, 0.3) is 0 Å². The molecule has 0 bridgehead atoms. The summed E-state index contributed by atoms with van der Waals surface area (Å²) < 4.78 is 4.17. The predicted octanol–water partition coefficient (Wildman–Crippen LogP) is 2.98. The van der Waals surface area contributed by atoms with Crippen LogP contribution in [0.2, 0.25) is 0 Å². The number of hydrogen-bond acceptors (Lipinski definition) is 4. The summed E-state index contributed by atoms with van der Waals surface area (Å²) in [5.41, 5.74) is 0. The van der Waals surface area contributed by atoms with Gasteiger partial charge < -0.3 is 5.32 Å². The maximum atomic E-state index is 4.33. The minimum absolute atomic E-state index is 0.629. The third-order valence-electron chi connectivity index (χ3n) is 2.71. The van der Waals surface area contributed by atoms with Crippen molar-refractivity contribution in [3.05, 3.63) is 5.82 Å². The number of nitrogens with one attached hydrogen (secondary N) is 1. The first kappa shape index (κ1) is 9.90. The zero-order valence-corrected chi connectivity index (χ0v) is 9.44. The second-order valence-electron chi connectivity index (χ2n) is 3.98. The fraction of sp³-hybridized carbons (Fsp3) is 0.800. The summed E-state index contributed by atoms with van der Waals surface area (Å²) in [4.78, 5) is 4.33. The Morgan fingerprint density at radius 2 is 1.93 bits per heavy atom. The largest absolute Gasteiger partial charge is 0.358 e. The van der Waals surface area contributed by atoms with Gasteiger partial charge in [-0.1, -0.05) is 25.7 Å². The Labute approximate surface area is 89.1 Å². The van der Waals surface area contributed by atoms with Crippen molar-refractivity contribution in [2.24, 2.45) is 0 Å². The Kier molecular flexibility index (Phi) is 3.35. The van der Waals surface area contributed by atoms with E-state index < -0.39 is 0 Å². The zero-order valence-electron chi connectivity index (χ0n) is 8.62. The molecule has 0 spiro atoms. The molecule has 1 aliphatic rings. The Morgan fingerprint density at radius 3 is 2.50 bits per heavy atom. The van der Waals surface area contributed by atoms with Crippen LogP contribution < -0.4 is 5.32 Å². The smallest absolute Gasteiger partial charge is 0.202 e. The molecule has 78 valence electrons. The van der Waals surface area contributed by atoms with Crippen LogP contribution >= 0.6 is 11.5 Å². The molecule has 0 aromatic carbocycles. The van der Waals surface area contributed by atoms with Gasteiger partial charge in [-0.2, -0.15) is 4.37 Å². The molecule has 0 amide bonds. The summed E-state index contributed by atoms with van der Waals surface area (Å²) in [6.45, 7) is 1.94. The van der Waals surface area contributed by atoms with E-state index in [1.165, 1.54) is 50.1 Å². The van der Waals surface area contributed by atoms with Crippen molar-refractivity contribution in [2.75, 3.05) is 5.32 Å². The molecule has 0 unspecified atom stereocenters. The molecule has 14 heavy (non-hydrogen) atoms. The highest BCUT2D eigenvalue weighted by Gasteiger charge is 2.13. The fourth-order valence-corrected chi connectivity index (χ4v) is 2.61. The molecule has 1 fully saturated rings. The van der Waals surface area contributed by atoms with E-state index in [4.69, 9.17) is 0 Å². The first-order valence-electron chi connectivity index (χ1n) is 5.41. The third kappa shape index (κ3) is 2.67. The lowest BCUT2D eigenvalue weighted by atomic mass is 10.1.